The van der Waals surface area contributed by atoms with Crippen LogP contribution in [-0.4, -0.2) is 36.7 Å². The summed E-state index contributed by atoms with van der Waals surface area (Å²) >= 11 is 3.49. The highest BCUT2D eigenvalue weighted by molar-refractivity contribution is 9.10. The summed E-state index contributed by atoms with van der Waals surface area (Å²) in [7, 11) is 0. The van der Waals surface area contributed by atoms with Gasteiger partial charge in [-0.15, -0.1) is 0 Å². The molecule has 4 heteroatoms. The van der Waals surface area contributed by atoms with Gasteiger partial charge in [0.1, 0.15) is 0 Å². The van der Waals surface area contributed by atoms with E-state index in [0.29, 0.717) is 12.6 Å². The predicted molar refractivity (Wildman–Crippen MR) is 75.4 cm³/mol. The Hall–Kier alpha value is -0.420. The first-order valence-electron chi connectivity index (χ1n) is 6.62. The Balaban J connectivity index is 1.89. The molecule has 1 saturated carbocycles. The summed E-state index contributed by atoms with van der Waals surface area (Å²) in [4.78, 5) is 2.59. The second-order valence-electron chi connectivity index (χ2n) is 5.11. The van der Waals surface area contributed by atoms with Gasteiger partial charge < -0.3 is 10.5 Å². The number of halogens is 1. The van der Waals surface area contributed by atoms with Gasteiger partial charge in [0.15, 0.2) is 0 Å². The van der Waals surface area contributed by atoms with Crippen LogP contribution in [0.5, 0.6) is 0 Å². The second kappa shape index (κ2) is 5.29. The molecule has 2 fully saturated rings. The van der Waals surface area contributed by atoms with E-state index in [9.17, 15) is 0 Å². The van der Waals surface area contributed by atoms with Crippen LogP contribution in [0.25, 0.3) is 0 Å². The summed E-state index contributed by atoms with van der Waals surface area (Å²) in [6.45, 7) is 2.43. The van der Waals surface area contributed by atoms with Crippen LogP contribution in [0, 0.1) is 0 Å². The largest absolute Gasteiger partial charge is 0.374 e. The summed E-state index contributed by atoms with van der Waals surface area (Å²) in [5.74, 6) is 0. The molecule has 2 aliphatic rings. The Morgan fingerprint density at radius 2 is 2.00 bits per heavy atom. The number of nitrogens with two attached hydrogens (primary N) is 1. The molecule has 1 aromatic carbocycles. The van der Waals surface area contributed by atoms with Gasteiger partial charge in [0.2, 0.25) is 0 Å². The van der Waals surface area contributed by atoms with Crippen molar-refractivity contribution in [3.05, 3.63) is 34.3 Å². The summed E-state index contributed by atoms with van der Waals surface area (Å²) in [5.41, 5.74) is 7.20. The molecule has 0 radical (unpaired) electrons. The van der Waals surface area contributed by atoms with Gasteiger partial charge in [-0.2, -0.15) is 0 Å². The molecule has 3 rings (SSSR count). The van der Waals surface area contributed by atoms with Crippen molar-refractivity contribution in [2.24, 2.45) is 5.73 Å². The fourth-order valence-electron chi connectivity index (χ4n) is 2.83. The van der Waals surface area contributed by atoms with E-state index in [4.69, 9.17) is 10.5 Å². The van der Waals surface area contributed by atoms with E-state index in [1.165, 1.54) is 18.4 Å². The average molecular weight is 311 g/mol. The highest BCUT2D eigenvalue weighted by atomic mass is 79.9. The molecule has 0 amide bonds. The van der Waals surface area contributed by atoms with Crippen LogP contribution in [-0.2, 0) is 4.74 Å². The molecule has 0 bridgehead atoms. The van der Waals surface area contributed by atoms with Crippen molar-refractivity contribution in [3.8, 4) is 0 Å². The van der Waals surface area contributed by atoms with Crippen LogP contribution in [0.3, 0.4) is 0 Å². The number of nitrogens with zero attached hydrogens (tertiary/aromatic N) is 1. The van der Waals surface area contributed by atoms with Gasteiger partial charge in [0, 0.05) is 23.6 Å². The van der Waals surface area contributed by atoms with Gasteiger partial charge in [-0.1, -0.05) is 28.1 Å². The number of ether oxygens (including phenoxy) is 1. The fourth-order valence-corrected chi connectivity index (χ4v) is 3.10. The van der Waals surface area contributed by atoms with Gasteiger partial charge >= 0.3 is 0 Å². The molecule has 2 unspecified atom stereocenters. The molecule has 1 aliphatic carbocycles. The van der Waals surface area contributed by atoms with Crippen LogP contribution in [0.2, 0.25) is 0 Å². The minimum Gasteiger partial charge on any atom is -0.374 e. The molecule has 98 valence electrons. The van der Waals surface area contributed by atoms with Crippen molar-refractivity contribution in [1.82, 2.24) is 4.90 Å². The average Bonchev–Trinajstić information content (AvgIpc) is 3.23. The van der Waals surface area contributed by atoms with Crippen molar-refractivity contribution in [2.75, 3.05) is 19.7 Å². The summed E-state index contributed by atoms with van der Waals surface area (Å²) in [5, 5.41) is 0. The van der Waals surface area contributed by atoms with Gasteiger partial charge in [-0.25, -0.2) is 0 Å². The molecule has 18 heavy (non-hydrogen) atoms. The van der Waals surface area contributed by atoms with Crippen molar-refractivity contribution in [2.45, 2.75) is 31.0 Å². The SMILES string of the molecule is NCC1OCCN(C2CC2)C1c1ccc(Br)cc1. The predicted octanol–water partition coefficient (Wildman–Crippen LogP) is 2.31. The number of morpholine rings is 1. The third-order valence-electron chi connectivity index (χ3n) is 3.85. The third kappa shape index (κ3) is 2.48. The Morgan fingerprint density at radius 3 is 2.61 bits per heavy atom. The van der Waals surface area contributed by atoms with E-state index in [0.717, 1.165) is 23.7 Å². The lowest BCUT2D eigenvalue weighted by Gasteiger charge is -2.41. The number of hydrogen-bond acceptors (Lipinski definition) is 3. The normalized spacial score (nSPS) is 29.4. The van der Waals surface area contributed by atoms with Crippen LogP contribution in [0.1, 0.15) is 24.4 Å². The van der Waals surface area contributed by atoms with E-state index in [-0.39, 0.29) is 6.10 Å². The summed E-state index contributed by atoms with van der Waals surface area (Å²) < 4.78 is 6.97. The number of benzene rings is 1. The molecule has 0 spiro atoms. The number of hydrogen-bond donors (Lipinski definition) is 1. The minimum atomic E-state index is 0.125. The van der Waals surface area contributed by atoms with Crippen LogP contribution in [0.15, 0.2) is 28.7 Å². The second-order valence-corrected chi connectivity index (χ2v) is 6.03. The zero-order chi connectivity index (χ0) is 12.5. The van der Waals surface area contributed by atoms with E-state index in [1.54, 1.807) is 0 Å². The molecular formula is C14H19BrN2O. The smallest absolute Gasteiger partial charge is 0.0894 e. The lowest BCUT2D eigenvalue weighted by Crippen LogP contribution is -2.49. The van der Waals surface area contributed by atoms with Crippen LogP contribution in [0.4, 0.5) is 0 Å². The molecule has 2 N–H and O–H groups in total. The molecule has 1 saturated heterocycles. The van der Waals surface area contributed by atoms with E-state index >= 15 is 0 Å². The Morgan fingerprint density at radius 1 is 1.28 bits per heavy atom. The van der Waals surface area contributed by atoms with Gasteiger partial charge in [0.25, 0.3) is 0 Å². The van der Waals surface area contributed by atoms with E-state index in [1.807, 2.05) is 0 Å². The summed E-state index contributed by atoms with van der Waals surface area (Å²) in [6, 6.07) is 9.63. The monoisotopic (exact) mass is 310 g/mol. The first kappa shape index (κ1) is 12.6. The first-order valence-corrected chi connectivity index (χ1v) is 7.42. The van der Waals surface area contributed by atoms with E-state index in [2.05, 4.69) is 45.1 Å². The third-order valence-corrected chi connectivity index (χ3v) is 4.38. The first-order chi connectivity index (χ1) is 8.79. The Bertz CT molecular complexity index is 405. The fraction of sp³-hybridized carbons (Fsp3) is 0.571. The zero-order valence-corrected chi connectivity index (χ0v) is 12.0. The maximum absolute atomic E-state index is 5.88. The molecule has 0 aromatic heterocycles. The molecule has 3 nitrogen and oxygen atoms in total. The molecule has 1 heterocycles. The van der Waals surface area contributed by atoms with Gasteiger partial charge in [-0.05, 0) is 30.5 Å². The van der Waals surface area contributed by atoms with Crippen molar-refractivity contribution in [1.29, 1.82) is 0 Å². The van der Waals surface area contributed by atoms with Gasteiger partial charge in [-0.3, -0.25) is 4.90 Å². The maximum Gasteiger partial charge on any atom is 0.0894 e. The quantitative estimate of drug-likeness (QED) is 0.931. The van der Waals surface area contributed by atoms with Crippen LogP contribution < -0.4 is 5.73 Å². The number of rotatable bonds is 3. The maximum atomic E-state index is 5.88. The van der Waals surface area contributed by atoms with E-state index < -0.39 is 0 Å². The zero-order valence-electron chi connectivity index (χ0n) is 10.4. The Kier molecular flexibility index (Phi) is 3.71. The van der Waals surface area contributed by atoms with Crippen LogP contribution >= 0.6 is 15.9 Å². The van der Waals surface area contributed by atoms with Crippen molar-refractivity contribution < 1.29 is 4.74 Å². The lowest BCUT2D eigenvalue weighted by atomic mass is 9.98. The topological polar surface area (TPSA) is 38.5 Å². The minimum absolute atomic E-state index is 0.125. The molecule has 1 aliphatic heterocycles. The van der Waals surface area contributed by atoms with Gasteiger partial charge in [0.05, 0.1) is 18.8 Å². The highest BCUT2D eigenvalue weighted by Crippen LogP contribution is 2.38. The highest BCUT2D eigenvalue weighted by Gasteiger charge is 2.40. The Labute approximate surface area is 116 Å². The lowest BCUT2D eigenvalue weighted by molar-refractivity contribution is -0.0712. The molecule has 2 atom stereocenters. The standard InChI is InChI=1S/C14H19BrN2O/c15-11-3-1-10(2-4-11)14-13(9-16)18-8-7-17(14)12-5-6-12/h1-4,12-14H,5-9,16H2. The van der Waals surface area contributed by atoms with Crippen molar-refractivity contribution >= 4 is 15.9 Å². The molecule has 1 aromatic rings. The van der Waals surface area contributed by atoms with Crippen molar-refractivity contribution in [3.63, 3.8) is 0 Å². The molecular weight excluding hydrogens is 292 g/mol. The summed E-state index contributed by atoms with van der Waals surface area (Å²) in [6.07, 6.45) is 2.77.